The van der Waals surface area contributed by atoms with E-state index in [9.17, 15) is 9.50 Å². The molecule has 1 aromatic rings. The van der Waals surface area contributed by atoms with Crippen LogP contribution in [0.4, 0.5) is 4.39 Å². The number of aliphatic hydroxyl groups is 1. The van der Waals surface area contributed by atoms with Gasteiger partial charge < -0.3 is 9.84 Å². The van der Waals surface area contributed by atoms with Crippen LogP contribution in [0.5, 0.6) is 5.75 Å². The van der Waals surface area contributed by atoms with Gasteiger partial charge in [-0.3, -0.25) is 0 Å². The van der Waals surface area contributed by atoms with Gasteiger partial charge in [0.2, 0.25) is 0 Å². The highest BCUT2D eigenvalue weighted by Gasteiger charge is 2.10. The van der Waals surface area contributed by atoms with Gasteiger partial charge in [0, 0.05) is 6.07 Å². The lowest BCUT2D eigenvalue weighted by atomic mass is 10.2. The van der Waals surface area contributed by atoms with Crippen LogP contribution in [0.2, 0.25) is 0 Å². The van der Waals surface area contributed by atoms with Crippen molar-refractivity contribution in [2.45, 2.75) is 33.0 Å². The summed E-state index contributed by atoms with van der Waals surface area (Å²) in [6.45, 7) is 5.06. The molecule has 0 aliphatic heterocycles. The molecular weight excluding hydrogens is 183 g/mol. The van der Waals surface area contributed by atoms with Gasteiger partial charge in [-0.1, -0.05) is 6.07 Å². The maximum Gasteiger partial charge on any atom is 0.129 e. The topological polar surface area (TPSA) is 29.5 Å². The first kappa shape index (κ1) is 11.0. The van der Waals surface area contributed by atoms with E-state index in [1.807, 2.05) is 0 Å². The van der Waals surface area contributed by atoms with Crippen molar-refractivity contribution in [3.05, 3.63) is 29.6 Å². The van der Waals surface area contributed by atoms with Crippen molar-refractivity contribution in [1.29, 1.82) is 0 Å². The van der Waals surface area contributed by atoms with Crippen LogP contribution in [-0.2, 0) is 0 Å². The van der Waals surface area contributed by atoms with Gasteiger partial charge in [-0.15, -0.1) is 0 Å². The standard InChI is InChI=1S/C11H15FO2/c1-7-4-5-10(6-11(7)12)14-9(3)8(2)13/h4-6,8-9,13H,1-3H3/t8-,9?/m1/s1. The fourth-order valence-electron chi connectivity index (χ4n) is 0.960. The largest absolute Gasteiger partial charge is 0.488 e. The number of rotatable bonds is 3. The van der Waals surface area contributed by atoms with Crippen molar-refractivity contribution < 1.29 is 14.2 Å². The lowest BCUT2D eigenvalue weighted by Crippen LogP contribution is -2.25. The Hall–Kier alpha value is -1.09. The molecule has 0 fully saturated rings. The Labute approximate surface area is 83.3 Å². The number of halogens is 1. The van der Waals surface area contributed by atoms with Crippen LogP contribution in [0.3, 0.4) is 0 Å². The van der Waals surface area contributed by atoms with Gasteiger partial charge >= 0.3 is 0 Å². The van der Waals surface area contributed by atoms with E-state index in [1.165, 1.54) is 6.07 Å². The Kier molecular flexibility index (Phi) is 3.47. The molecule has 3 heteroatoms. The fraction of sp³-hybridized carbons (Fsp3) is 0.455. The third-order valence-corrected chi connectivity index (χ3v) is 2.14. The molecule has 0 amide bonds. The van der Waals surface area contributed by atoms with E-state index >= 15 is 0 Å². The summed E-state index contributed by atoms with van der Waals surface area (Å²) in [7, 11) is 0. The van der Waals surface area contributed by atoms with Crippen molar-refractivity contribution in [3.63, 3.8) is 0 Å². The minimum absolute atomic E-state index is 0.291. The van der Waals surface area contributed by atoms with E-state index in [4.69, 9.17) is 4.74 Å². The number of hydrogen-bond acceptors (Lipinski definition) is 2. The van der Waals surface area contributed by atoms with Crippen molar-refractivity contribution in [2.24, 2.45) is 0 Å². The van der Waals surface area contributed by atoms with E-state index in [0.29, 0.717) is 11.3 Å². The normalized spacial score (nSPS) is 14.9. The Morgan fingerprint density at radius 3 is 2.50 bits per heavy atom. The highest BCUT2D eigenvalue weighted by molar-refractivity contribution is 5.28. The summed E-state index contributed by atoms with van der Waals surface area (Å²) in [5, 5.41) is 9.19. The summed E-state index contributed by atoms with van der Waals surface area (Å²) in [5.74, 6) is 0.154. The van der Waals surface area contributed by atoms with Crippen molar-refractivity contribution >= 4 is 0 Å². The predicted octanol–water partition coefficient (Wildman–Crippen LogP) is 2.28. The Balaban J connectivity index is 2.73. The summed E-state index contributed by atoms with van der Waals surface area (Å²) < 4.78 is 18.4. The molecule has 0 spiro atoms. The first-order chi connectivity index (χ1) is 6.50. The summed E-state index contributed by atoms with van der Waals surface area (Å²) in [6, 6.07) is 4.67. The number of benzene rings is 1. The SMILES string of the molecule is Cc1ccc(OC(C)[C@@H](C)O)cc1F. The van der Waals surface area contributed by atoms with Crippen molar-refractivity contribution in [3.8, 4) is 5.75 Å². The molecule has 1 unspecified atom stereocenters. The zero-order valence-corrected chi connectivity index (χ0v) is 8.62. The average Bonchev–Trinajstić information content (AvgIpc) is 2.11. The number of ether oxygens (including phenoxy) is 1. The van der Waals surface area contributed by atoms with Crippen LogP contribution in [0.15, 0.2) is 18.2 Å². The molecular formula is C11H15FO2. The second-order valence-corrected chi connectivity index (χ2v) is 3.47. The second-order valence-electron chi connectivity index (χ2n) is 3.47. The molecule has 0 aliphatic rings. The summed E-state index contributed by atoms with van der Waals surface area (Å²) in [5.41, 5.74) is 0.585. The molecule has 2 nitrogen and oxygen atoms in total. The Morgan fingerprint density at radius 2 is 2.00 bits per heavy atom. The van der Waals surface area contributed by atoms with E-state index < -0.39 is 6.10 Å². The molecule has 14 heavy (non-hydrogen) atoms. The van der Waals surface area contributed by atoms with Crippen LogP contribution >= 0.6 is 0 Å². The van der Waals surface area contributed by atoms with Crippen LogP contribution in [0, 0.1) is 12.7 Å². The summed E-state index contributed by atoms with van der Waals surface area (Å²) in [4.78, 5) is 0. The van der Waals surface area contributed by atoms with Crippen LogP contribution in [0.1, 0.15) is 19.4 Å². The molecule has 1 N–H and O–H groups in total. The molecule has 0 saturated carbocycles. The van der Waals surface area contributed by atoms with E-state index in [2.05, 4.69) is 0 Å². The van der Waals surface area contributed by atoms with Gasteiger partial charge in [-0.25, -0.2) is 4.39 Å². The molecule has 0 heterocycles. The molecule has 0 radical (unpaired) electrons. The Bertz CT molecular complexity index is 310. The molecule has 0 bridgehead atoms. The van der Waals surface area contributed by atoms with E-state index in [0.717, 1.165) is 0 Å². The highest BCUT2D eigenvalue weighted by Crippen LogP contribution is 2.17. The third kappa shape index (κ3) is 2.70. The lowest BCUT2D eigenvalue weighted by Gasteiger charge is -2.17. The first-order valence-corrected chi connectivity index (χ1v) is 4.61. The molecule has 0 aromatic heterocycles. The van der Waals surface area contributed by atoms with Crippen molar-refractivity contribution in [2.75, 3.05) is 0 Å². The fourth-order valence-corrected chi connectivity index (χ4v) is 0.960. The third-order valence-electron chi connectivity index (χ3n) is 2.14. The molecule has 0 saturated heterocycles. The van der Waals surface area contributed by atoms with Crippen LogP contribution in [0.25, 0.3) is 0 Å². The molecule has 0 aliphatic carbocycles. The monoisotopic (exact) mass is 198 g/mol. The maximum absolute atomic E-state index is 13.1. The molecule has 1 rings (SSSR count). The van der Waals surface area contributed by atoms with E-state index in [1.54, 1.807) is 32.9 Å². The quantitative estimate of drug-likeness (QED) is 0.807. The highest BCUT2D eigenvalue weighted by atomic mass is 19.1. The predicted molar refractivity (Wildman–Crippen MR) is 52.9 cm³/mol. The minimum Gasteiger partial charge on any atom is -0.488 e. The van der Waals surface area contributed by atoms with Crippen LogP contribution in [-0.4, -0.2) is 17.3 Å². The number of aliphatic hydroxyl groups excluding tert-OH is 1. The van der Waals surface area contributed by atoms with Gasteiger partial charge in [0.1, 0.15) is 17.7 Å². The van der Waals surface area contributed by atoms with Gasteiger partial charge in [-0.05, 0) is 32.4 Å². The molecule has 1 aromatic carbocycles. The van der Waals surface area contributed by atoms with Gasteiger partial charge in [0.15, 0.2) is 0 Å². The lowest BCUT2D eigenvalue weighted by molar-refractivity contribution is 0.0602. The Morgan fingerprint density at radius 1 is 1.36 bits per heavy atom. The average molecular weight is 198 g/mol. The minimum atomic E-state index is -0.570. The zero-order chi connectivity index (χ0) is 10.7. The molecule has 2 atom stereocenters. The van der Waals surface area contributed by atoms with Crippen molar-refractivity contribution in [1.82, 2.24) is 0 Å². The van der Waals surface area contributed by atoms with E-state index in [-0.39, 0.29) is 11.9 Å². The smallest absolute Gasteiger partial charge is 0.129 e. The maximum atomic E-state index is 13.1. The zero-order valence-electron chi connectivity index (χ0n) is 8.62. The first-order valence-electron chi connectivity index (χ1n) is 4.61. The molecule has 78 valence electrons. The van der Waals surface area contributed by atoms with Gasteiger partial charge in [0.25, 0.3) is 0 Å². The van der Waals surface area contributed by atoms with Gasteiger partial charge in [0.05, 0.1) is 6.10 Å². The van der Waals surface area contributed by atoms with Gasteiger partial charge in [-0.2, -0.15) is 0 Å². The van der Waals surface area contributed by atoms with Crippen LogP contribution < -0.4 is 4.74 Å². The number of hydrogen-bond donors (Lipinski definition) is 1. The summed E-state index contributed by atoms with van der Waals surface area (Å²) >= 11 is 0. The number of aryl methyl sites for hydroxylation is 1. The summed E-state index contributed by atoms with van der Waals surface area (Å²) in [6.07, 6.45) is -0.906. The second kappa shape index (κ2) is 4.42.